The third-order valence-electron chi connectivity index (χ3n) is 3.70. The fourth-order valence-electron chi connectivity index (χ4n) is 2.64. The summed E-state index contributed by atoms with van der Waals surface area (Å²) in [5.41, 5.74) is 8.30. The number of anilines is 1. The number of carbonyl (C=O) groups is 1. The first-order valence-electron chi connectivity index (χ1n) is 6.70. The lowest BCUT2D eigenvalue weighted by Gasteiger charge is -2.22. The minimum atomic E-state index is -0.251. The Kier molecular flexibility index (Phi) is 3.18. The van der Waals surface area contributed by atoms with Gasteiger partial charge in [-0.05, 0) is 25.0 Å². The lowest BCUT2D eigenvalue weighted by atomic mass is 10.1. The number of benzene rings is 1. The molecule has 0 spiro atoms. The van der Waals surface area contributed by atoms with E-state index in [2.05, 4.69) is 4.98 Å². The van der Waals surface area contributed by atoms with E-state index in [1.807, 2.05) is 35.0 Å². The first-order chi connectivity index (χ1) is 9.69. The molecule has 1 aromatic carbocycles. The number of rotatable bonds is 2. The minimum absolute atomic E-state index is 0.202. The molecule has 0 saturated heterocycles. The van der Waals surface area contributed by atoms with Crippen LogP contribution in [0, 0.1) is 0 Å². The highest BCUT2D eigenvalue weighted by Gasteiger charge is 2.28. The molecule has 0 saturated carbocycles. The number of nitrogens with zero attached hydrogens (tertiary/aromatic N) is 2. The Balaban J connectivity index is 1.99. The van der Waals surface area contributed by atoms with Crippen molar-refractivity contribution in [2.75, 3.05) is 12.8 Å². The predicted octanol–water partition coefficient (Wildman–Crippen LogP) is 2.18. The maximum absolute atomic E-state index is 11.8. The molecule has 0 bridgehead atoms. The van der Waals surface area contributed by atoms with E-state index in [1.54, 1.807) is 0 Å². The number of aromatic nitrogens is 2. The summed E-state index contributed by atoms with van der Waals surface area (Å²) in [7, 11) is 1.43. The Labute approximate surface area is 117 Å². The number of imidazole rings is 1. The van der Waals surface area contributed by atoms with Gasteiger partial charge in [-0.2, -0.15) is 0 Å². The van der Waals surface area contributed by atoms with Gasteiger partial charge < -0.3 is 15.0 Å². The molecule has 20 heavy (non-hydrogen) atoms. The van der Waals surface area contributed by atoms with Gasteiger partial charge in [-0.15, -0.1) is 0 Å². The second-order valence-electron chi connectivity index (χ2n) is 5.00. The molecule has 0 aliphatic carbocycles. The second kappa shape index (κ2) is 5.00. The molecule has 3 rings (SSSR count). The van der Waals surface area contributed by atoms with Crippen LogP contribution in [0.5, 0.6) is 0 Å². The van der Waals surface area contributed by atoms with Crippen molar-refractivity contribution in [1.29, 1.82) is 0 Å². The molecule has 1 aliphatic rings. The van der Waals surface area contributed by atoms with Crippen molar-refractivity contribution in [3.63, 3.8) is 0 Å². The van der Waals surface area contributed by atoms with Crippen molar-refractivity contribution in [1.82, 2.24) is 9.55 Å². The standard InChI is InChI=1S/C15H17N3O2/c1-20-15(19)13-3-2-4-14-17-12(9-18(13)14)10-5-7-11(16)8-6-10/h5-9,13H,2-4,16H2,1H3. The Morgan fingerprint density at radius 2 is 2.15 bits per heavy atom. The molecular formula is C15H17N3O2. The normalized spacial score (nSPS) is 17.6. The third kappa shape index (κ3) is 2.15. The van der Waals surface area contributed by atoms with Crippen molar-refractivity contribution in [2.24, 2.45) is 0 Å². The number of aryl methyl sites for hydroxylation is 1. The number of methoxy groups -OCH3 is 1. The first kappa shape index (κ1) is 12.7. The molecule has 104 valence electrons. The molecule has 2 heterocycles. The fourth-order valence-corrected chi connectivity index (χ4v) is 2.64. The molecule has 2 N–H and O–H groups in total. The summed E-state index contributed by atoms with van der Waals surface area (Å²) in [6.45, 7) is 0. The second-order valence-corrected chi connectivity index (χ2v) is 5.00. The van der Waals surface area contributed by atoms with E-state index in [-0.39, 0.29) is 12.0 Å². The van der Waals surface area contributed by atoms with Crippen LogP contribution < -0.4 is 5.73 Å². The molecule has 0 amide bonds. The van der Waals surface area contributed by atoms with Crippen LogP contribution in [0.25, 0.3) is 11.3 Å². The van der Waals surface area contributed by atoms with Crippen LogP contribution in [-0.2, 0) is 16.0 Å². The zero-order chi connectivity index (χ0) is 14.1. The highest BCUT2D eigenvalue weighted by Crippen LogP contribution is 2.29. The Hall–Kier alpha value is -2.30. The molecule has 5 heteroatoms. The van der Waals surface area contributed by atoms with Crippen LogP contribution in [0.4, 0.5) is 5.69 Å². The number of fused-ring (bicyclic) bond motifs is 1. The van der Waals surface area contributed by atoms with Crippen LogP contribution in [-0.4, -0.2) is 22.6 Å². The summed E-state index contributed by atoms with van der Waals surface area (Å²) < 4.78 is 6.82. The van der Waals surface area contributed by atoms with Crippen molar-refractivity contribution < 1.29 is 9.53 Å². The highest BCUT2D eigenvalue weighted by atomic mass is 16.5. The van der Waals surface area contributed by atoms with Gasteiger partial charge in [0, 0.05) is 23.9 Å². The van der Waals surface area contributed by atoms with Gasteiger partial charge in [0.1, 0.15) is 11.9 Å². The lowest BCUT2D eigenvalue weighted by Crippen LogP contribution is -2.25. The quantitative estimate of drug-likeness (QED) is 0.671. The van der Waals surface area contributed by atoms with Gasteiger partial charge in [0.05, 0.1) is 12.8 Å². The summed E-state index contributed by atoms with van der Waals surface area (Å²) in [5.74, 6) is 0.741. The molecule has 1 aliphatic heterocycles. The summed E-state index contributed by atoms with van der Waals surface area (Å²) in [4.78, 5) is 16.5. The molecule has 2 aromatic rings. The van der Waals surface area contributed by atoms with Crippen molar-refractivity contribution in [3.8, 4) is 11.3 Å². The van der Waals surface area contributed by atoms with Gasteiger partial charge in [-0.1, -0.05) is 12.1 Å². The first-order valence-corrected chi connectivity index (χ1v) is 6.70. The van der Waals surface area contributed by atoms with Gasteiger partial charge in [-0.25, -0.2) is 9.78 Å². The number of esters is 1. The smallest absolute Gasteiger partial charge is 0.328 e. The van der Waals surface area contributed by atoms with Crippen LogP contribution in [0.3, 0.4) is 0 Å². The van der Waals surface area contributed by atoms with E-state index in [1.165, 1.54) is 7.11 Å². The summed E-state index contributed by atoms with van der Waals surface area (Å²) in [6.07, 6.45) is 4.58. The molecule has 1 atom stereocenters. The topological polar surface area (TPSA) is 70.1 Å². The molecule has 0 radical (unpaired) electrons. The van der Waals surface area contributed by atoms with E-state index in [0.29, 0.717) is 0 Å². The molecule has 1 unspecified atom stereocenters. The van der Waals surface area contributed by atoms with E-state index in [9.17, 15) is 4.79 Å². The summed E-state index contributed by atoms with van der Waals surface area (Å²) in [5, 5.41) is 0. The summed E-state index contributed by atoms with van der Waals surface area (Å²) >= 11 is 0. The number of nitrogens with two attached hydrogens (primary N) is 1. The zero-order valence-corrected chi connectivity index (χ0v) is 11.4. The maximum atomic E-state index is 11.8. The van der Waals surface area contributed by atoms with Crippen LogP contribution in [0.1, 0.15) is 24.7 Å². The van der Waals surface area contributed by atoms with Crippen LogP contribution in [0.15, 0.2) is 30.5 Å². The SMILES string of the molecule is COC(=O)C1CCCc2nc(-c3ccc(N)cc3)cn21. The van der Waals surface area contributed by atoms with Gasteiger partial charge in [0.15, 0.2) is 0 Å². The lowest BCUT2D eigenvalue weighted by molar-refractivity contribution is -0.145. The monoisotopic (exact) mass is 271 g/mol. The minimum Gasteiger partial charge on any atom is -0.467 e. The number of hydrogen-bond donors (Lipinski definition) is 1. The van der Waals surface area contributed by atoms with Gasteiger partial charge in [0.25, 0.3) is 0 Å². The largest absolute Gasteiger partial charge is 0.467 e. The molecule has 0 fully saturated rings. The van der Waals surface area contributed by atoms with Crippen LogP contribution >= 0.6 is 0 Å². The Morgan fingerprint density at radius 1 is 1.40 bits per heavy atom. The number of ether oxygens (including phenoxy) is 1. The van der Waals surface area contributed by atoms with Crippen LogP contribution in [0.2, 0.25) is 0 Å². The number of carbonyl (C=O) groups excluding carboxylic acids is 1. The predicted molar refractivity (Wildman–Crippen MR) is 76.1 cm³/mol. The molecular weight excluding hydrogens is 254 g/mol. The van der Waals surface area contributed by atoms with Crippen molar-refractivity contribution >= 4 is 11.7 Å². The van der Waals surface area contributed by atoms with Gasteiger partial charge in [-0.3, -0.25) is 0 Å². The average molecular weight is 271 g/mol. The third-order valence-corrected chi connectivity index (χ3v) is 3.70. The fraction of sp³-hybridized carbons (Fsp3) is 0.333. The molecule has 1 aromatic heterocycles. The Morgan fingerprint density at radius 3 is 2.85 bits per heavy atom. The average Bonchev–Trinajstić information content (AvgIpc) is 2.91. The van der Waals surface area contributed by atoms with Crippen molar-refractivity contribution in [2.45, 2.75) is 25.3 Å². The summed E-state index contributed by atoms with van der Waals surface area (Å²) in [6, 6.07) is 7.34. The van der Waals surface area contributed by atoms with E-state index in [4.69, 9.17) is 10.5 Å². The zero-order valence-electron chi connectivity index (χ0n) is 11.4. The van der Waals surface area contributed by atoms with Gasteiger partial charge in [0.2, 0.25) is 0 Å². The number of hydrogen-bond acceptors (Lipinski definition) is 4. The maximum Gasteiger partial charge on any atom is 0.328 e. The van der Waals surface area contributed by atoms with Crippen molar-refractivity contribution in [3.05, 3.63) is 36.3 Å². The highest BCUT2D eigenvalue weighted by molar-refractivity contribution is 5.75. The Bertz CT molecular complexity index is 631. The van der Waals surface area contributed by atoms with E-state index >= 15 is 0 Å². The van der Waals surface area contributed by atoms with E-state index < -0.39 is 0 Å². The van der Waals surface area contributed by atoms with Gasteiger partial charge >= 0.3 is 5.97 Å². The number of nitrogen functional groups attached to an aromatic ring is 1. The molecule has 5 nitrogen and oxygen atoms in total. The van der Waals surface area contributed by atoms with E-state index in [0.717, 1.165) is 42.0 Å².